The third-order valence-corrected chi connectivity index (χ3v) is 4.21. The first kappa shape index (κ1) is 15.0. The van der Waals surface area contributed by atoms with Crippen molar-refractivity contribution >= 4 is 21.4 Å². The van der Waals surface area contributed by atoms with Crippen molar-refractivity contribution < 1.29 is 13.5 Å². The van der Waals surface area contributed by atoms with E-state index in [2.05, 4.69) is 5.10 Å². The van der Waals surface area contributed by atoms with Crippen LogP contribution in [0.1, 0.15) is 5.56 Å². The van der Waals surface area contributed by atoms with Crippen LogP contribution < -0.4 is 0 Å². The minimum Gasteiger partial charge on any atom is -0.391 e. The normalized spacial score (nSPS) is 11.8. The van der Waals surface area contributed by atoms with Crippen molar-refractivity contribution in [2.45, 2.75) is 13.2 Å². The van der Waals surface area contributed by atoms with Crippen molar-refractivity contribution in [2.24, 2.45) is 0 Å². The van der Waals surface area contributed by atoms with Gasteiger partial charge in [0.25, 0.3) is 0 Å². The maximum absolute atomic E-state index is 11.2. The van der Waals surface area contributed by atoms with Crippen LogP contribution in [0.2, 0.25) is 5.15 Å². The van der Waals surface area contributed by atoms with E-state index in [1.165, 1.54) is 4.68 Å². The van der Waals surface area contributed by atoms with E-state index in [0.29, 0.717) is 11.3 Å². The number of hydrogen-bond acceptors (Lipinski definition) is 4. The Kier molecular flexibility index (Phi) is 4.47. The largest absolute Gasteiger partial charge is 0.391 e. The summed E-state index contributed by atoms with van der Waals surface area (Å²) in [6.07, 6.45) is 1.16. The topological polar surface area (TPSA) is 72.2 Å². The van der Waals surface area contributed by atoms with E-state index in [4.69, 9.17) is 11.6 Å². The Morgan fingerprint density at radius 1 is 1.30 bits per heavy atom. The number of halogens is 1. The van der Waals surface area contributed by atoms with Gasteiger partial charge < -0.3 is 5.11 Å². The molecule has 2 rings (SSSR count). The number of aliphatic hydroxyl groups excluding tert-OH is 1. The Balaban J connectivity index is 2.39. The highest BCUT2D eigenvalue weighted by Gasteiger charge is 2.17. The van der Waals surface area contributed by atoms with Crippen LogP contribution in [0.5, 0.6) is 0 Å². The molecule has 1 aromatic heterocycles. The zero-order valence-corrected chi connectivity index (χ0v) is 12.5. The SMILES string of the molecule is CS(=O)(=O)CCn1nc(-c2ccccc2)c(CO)c1Cl. The predicted molar refractivity (Wildman–Crippen MR) is 78.3 cm³/mol. The number of benzene rings is 1. The van der Waals surface area contributed by atoms with Gasteiger partial charge in [-0.05, 0) is 0 Å². The molecule has 0 fully saturated rings. The third kappa shape index (κ3) is 3.39. The molecule has 20 heavy (non-hydrogen) atoms. The molecule has 0 saturated carbocycles. The van der Waals surface area contributed by atoms with Crippen LogP contribution in [0.25, 0.3) is 11.3 Å². The fraction of sp³-hybridized carbons (Fsp3) is 0.308. The molecular weight excluding hydrogens is 300 g/mol. The molecule has 5 nitrogen and oxygen atoms in total. The lowest BCUT2D eigenvalue weighted by atomic mass is 10.1. The summed E-state index contributed by atoms with van der Waals surface area (Å²) in [5.74, 6) is -0.0481. The molecule has 0 radical (unpaired) electrons. The van der Waals surface area contributed by atoms with Crippen molar-refractivity contribution in [2.75, 3.05) is 12.0 Å². The molecule has 1 heterocycles. The summed E-state index contributed by atoms with van der Waals surface area (Å²) in [5, 5.41) is 14.0. The van der Waals surface area contributed by atoms with E-state index in [1.807, 2.05) is 30.3 Å². The van der Waals surface area contributed by atoms with Gasteiger partial charge in [-0.2, -0.15) is 5.10 Å². The number of aryl methyl sites for hydroxylation is 1. The van der Waals surface area contributed by atoms with Gasteiger partial charge in [-0.1, -0.05) is 41.9 Å². The Morgan fingerprint density at radius 2 is 1.95 bits per heavy atom. The Morgan fingerprint density at radius 3 is 2.50 bits per heavy atom. The Labute approximate surface area is 122 Å². The minimum atomic E-state index is -3.10. The molecule has 1 aromatic carbocycles. The van der Waals surface area contributed by atoms with Gasteiger partial charge in [0.05, 0.1) is 24.6 Å². The molecule has 0 spiro atoms. The van der Waals surface area contributed by atoms with E-state index in [1.54, 1.807) is 0 Å². The number of hydrogen-bond donors (Lipinski definition) is 1. The van der Waals surface area contributed by atoms with Crippen molar-refractivity contribution in [3.8, 4) is 11.3 Å². The lowest BCUT2D eigenvalue weighted by Crippen LogP contribution is -2.12. The fourth-order valence-corrected chi connectivity index (χ4v) is 2.62. The van der Waals surface area contributed by atoms with Crippen molar-refractivity contribution in [3.63, 3.8) is 0 Å². The lowest BCUT2D eigenvalue weighted by molar-refractivity contribution is 0.282. The molecule has 0 amide bonds. The highest BCUT2D eigenvalue weighted by molar-refractivity contribution is 7.90. The molecule has 108 valence electrons. The van der Waals surface area contributed by atoms with E-state index in [0.717, 1.165) is 11.8 Å². The number of sulfone groups is 1. The van der Waals surface area contributed by atoms with Gasteiger partial charge in [0.15, 0.2) is 0 Å². The van der Waals surface area contributed by atoms with Gasteiger partial charge in [-0.3, -0.25) is 4.68 Å². The molecule has 0 bridgehead atoms. The van der Waals surface area contributed by atoms with Gasteiger partial charge in [-0.15, -0.1) is 0 Å². The van der Waals surface area contributed by atoms with Crippen LogP contribution in [-0.2, 0) is 23.0 Å². The van der Waals surface area contributed by atoms with Crippen LogP contribution in [0.15, 0.2) is 30.3 Å². The second kappa shape index (κ2) is 5.95. The van der Waals surface area contributed by atoms with Gasteiger partial charge in [-0.25, -0.2) is 8.42 Å². The third-order valence-electron chi connectivity index (χ3n) is 2.86. The second-order valence-electron chi connectivity index (χ2n) is 4.50. The van der Waals surface area contributed by atoms with E-state index in [9.17, 15) is 13.5 Å². The van der Waals surface area contributed by atoms with Crippen LogP contribution in [0, 0.1) is 0 Å². The quantitative estimate of drug-likeness (QED) is 0.912. The van der Waals surface area contributed by atoms with Crippen LogP contribution in [-0.4, -0.2) is 35.3 Å². The monoisotopic (exact) mass is 314 g/mol. The number of nitrogens with zero attached hydrogens (tertiary/aromatic N) is 2. The molecule has 0 aliphatic rings. The highest BCUT2D eigenvalue weighted by atomic mass is 35.5. The van der Waals surface area contributed by atoms with Gasteiger partial charge in [0.2, 0.25) is 0 Å². The summed E-state index contributed by atoms with van der Waals surface area (Å²) in [7, 11) is -3.10. The van der Waals surface area contributed by atoms with E-state index >= 15 is 0 Å². The first-order chi connectivity index (χ1) is 9.42. The molecule has 2 aromatic rings. The standard InChI is InChI=1S/C13H15ClN2O3S/c1-20(18,19)8-7-16-13(14)11(9-17)12(15-16)10-5-3-2-4-6-10/h2-6,17H,7-9H2,1H3. The fourth-order valence-electron chi connectivity index (χ4n) is 1.85. The highest BCUT2D eigenvalue weighted by Crippen LogP contribution is 2.28. The number of aromatic nitrogens is 2. The lowest BCUT2D eigenvalue weighted by Gasteiger charge is -2.01. The zero-order valence-electron chi connectivity index (χ0n) is 11.0. The molecule has 1 N–H and O–H groups in total. The minimum absolute atomic E-state index is 0.0481. The van der Waals surface area contributed by atoms with E-state index < -0.39 is 9.84 Å². The van der Waals surface area contributed by atoms with Gasteiger partial charge in [0.1, 0.15) is 15.0 Å². The summed E-state index contributed by atoms with van der Waals surface area (Å²) >= 11 is 6.15. The van der Waals surface area contributed by atoms with Crippen molar-refractivity contribution in [3.05, 3.63) is 41.0 Å². The zero-order chi connectivity index (χ0) is 14.8. The van der Waals surface area contributed by atoms with Crippen LogP contribution in [0.3, 0.4) is 0 Å². The first-order valence-corrected chi connectivity index (χ1v) is 8.45. The summed E-state index contributed by atoms with van der Waals surface area (Å²) in [6.45, 7) is -0.0839. The van der Waals surface area contributed by atoms with E-state index in [-0.39, 0.29) is 24.1 Å². The van der Waals surface area contributed by atoms with Crippen molar-refractivity contribution in [1.29, 1.82) is 0 Å². The molecule has 7 heteroatoms. The molecule has 0 aliphatic carbocycles. The number of rotatable bonds is 5. The van der Waals surface area contributed by atoms with Crippen LogP contribution in [0.4, 0.5) is 0 Å². The molecule has 0 aliphatic heterocycles. The Bertz CT molecular complexity index is 696. The maximum Gasteiger partial charge on any atom is 0.149 e. The summed E-state index contributed by atoms with van der Waals surface area (Å²) in [5.41, 5.74) is 1.91. The molecule has 0 saturated heterocycles. The van der Waals surface area contributed by atoms with Crippen molar-refractivity contribution in [1.82, 2.24) is 9.78 Å². The van der Waals surface area contributed by atoms with Gasteiger partial charge >= 0.3 is 0 Å². The van der Waals surface area contributed by atoms with Gasteiger partial charge in [0, 0.05) is 17.4 Å². The average molecular weight is 315 g/mol. The Hall–Kier alpha value is -1.37. The molecule has 0 unspecified atom stereocenters. The summed E-state index contributed by atoms with van der Waals surface area (Å²) in [6, 6.07) is 9.32. The smallest absolute Gasteiger partial charge is 0.149 e. The van der Waals surface area contributed by atoms with Crippen LogP contribution >= 0.6 is 11.6 Å². The second-order valence-corrected chi connectivity index (χ2v) is 7.11. The first-order valence-electron chi connectivity index (χ1n) is 6.01. The summed E-state index contributed by atoms with van der Waals surface area (Å²) < 4.78 is 23.8. The number of aliphatic hydroxyl groups is 1. The predicted octanol–water partition coefficient (Wildman–Crippen LogP) is 1.74. The summed E-state index contributed by atoms with van der Waals surface area (Å²) in [4.78, 5) is 0. The molecule has 0 atom stereocenters. The average Bonchev–Trinajstić information content (AvgIpc) is 2.73. The molecular formula is C13H15ClN2O3S. The maximum atomic E-state index is 11.2.